The summed E-state index contributed by atoms with van der Waals surface area (Å²) in [6.07, 6.45) is 3.57. The fourth-order valence-electron chi connectivity index (χ4n) is 2.20. The SMILES string of the molecule is CCCCOc1ccc(C(=O)Oc2ccc(/C=N/NC(N)=S)cc2OC)cc1. The van der Waals surface area contributed by atoms with E-state index in [4.69, 9.17) is 19.9 Å². The van der Waals surface area contributed by atoms with E-state index in [-0.39, 0.29) is 5.11 Å². The molecule has 0 radical (unpaired) electrons. The van der Waals surface area contributed by atoms with Gasteiger partial charge in [-0.3, -0.25) is 5.43 Å². The maximum atomic E-state index is 12.4. The maximum absolute atomic E-state index is 12.4. The third-order valence-electron chi connectivity index (χ3n) is 3.64. The Morgan fingerprint density at radius 3 is 2.61 bits per heavy atom. The number of hydrogen-bond donors (Lipinski definition) is 2. The molecule has 7 nitrogen and oxygen atoms in total. The standard InChI is InChI=1S/C20H23N3O4S/c1-3-4-11-26-16-8-6-15(7-9-16)19(24)27-17-10-5-14(12-18(17)25-2)13-22-23-20(21)28/h5-10,12-13H,3-4,11H2,1-2H3,(H3,21,23,28)/b22-13+. The van der Waals surface area contributed by atoms with Crippen LogP contribution in [0.4, 0.5) is 0 Å². The molecule has 0 aliphatic heterocycles. The Morgan fingerprint density at radius 2 is 1.96 bits per heavy atom. The van der Waals surface area contributed by atoms with Crippen LogP contribution in [-0.4, -0.2) is 31.0 Å². The second-order valence-corrected chi connectivity index (χ2v) is 6.20. The van der Waals surface area contributed by atoms with Crippen molar-refractivity contribution < 1.29 is 19.0 Å². The molecule has 8 heteroatoms. The first-order chi connectivity index (χ1) is 13.5. The highest BCUT2D eigenvalue weighted by Crippen LogP contribution is 2.28. The molecular formula is C20H23N3O4S. The molecule has 0 saturated carbocycles. The normalized spacial score (nSPS) is 10.5. The van der Waals surface area contributed by atoms with Gasteiger partial charge in [0.15, 0.2) is 16.6 Å². The van der Waals surface area contributed by atoms with Gasteiger partial charge in [-0.25, -0.2) is 4.79 Å². The molecule has 2 aromatic carbocycles. The van der Waals surface area contributed by atoms with Crippen molar-refractivity contribution in [3.8, 4) is 17.2 Å². The minimum atomic E-state index is -0.491. The van der Waals surface area contributed by atoms with Crippen molar-refractivity contribution in [1.82, 2.24) is 5.43 Å². The van der Waals surface area contributed by atoms with Gasteiger partial charge in [0, 0.05) is 0 Å². The summed E-state index contributed by atoms with van der Waals surface area (Å²) in [5, 5.41) is 3.94. The van der Waals surface area contributed by atoms with Crippen molar-refractivity contribution in [2.24, 2.45) is 10.8 Å². The van der Waals surface area contributed by atoms with Gasteiger partial charge in [-0.2, -0.15) is 5.10 Å². The molecule has 28 heavy (non-hydrogen) atoms. The summed E-state index contributed by atoms with van der Waals surface area (Å²) in [5.41, 5.74) is 8.90. The molecule has 0 aliphatic rings. The van der Waals surface area contributed by atoms with Crippen LogP contribution < -0.4 is 25.4 Å². The van der Waals surface area contributed by atoms with Crippen LogP contribution in [0.2, 0.25) is 0 Å². The summed E-state index contributed by atoms with van der Waals surface area (Å²) in [6, 6.07) is 11.9. The molecule has 2 aromatic rings. The van der Waals surface area contributed by atoms with Crippen LogP contribution in [-0.2, 0) is 0 Å². The van der Waals surface area contributed by atoms with Crippen molar-refractivity contribution in [1.29, 1.82) is 0 Å². The molecule has 0 aromatic heterocycles. The summed E-state index contributed by atoms with van der Waals surface area (Å²) < 4.78 is 16.3. The Bertz CT molecular complexity index is 838. The number of nitrogens with zero attached hydrogens (tertiary/aromatic N) is 1. The fourth-order valence-corrected chi connectivity index (χ4v) is 2.25. The summed E-state index contributed by atoms with van der Waals surface area (Å²) in [5.74, 6) is 0.925. The van der Waals surface area contributed by atoms with Gasteiger partial charge in [-0.15, -0.1) is 0 Å². The van der Waals surface area contributed by atoms with E-state index >= 15 is 0 Å². The number of benzene rings is 2. The number of hydrazone groups is 1. The second-order valence-electron chi connectivity index (χ2n) is 5.76. The summed E-state index contributed by atoms with van der Waals surface area (Å²) in [4.78, 5) is 12.4. The first-order valence-corrected chi connectivity index (χ1v) is 9.16. The van der Waals surface area contributed by atoms with Gasteiger partial charge in [0.05, 0.1) is 25.5 Å². The van der Waals surface area contributed by atoms with Gasteiger partial charge in [0.25, 0.3) is 0 Å². The predicted octanol–water partition coefficient (Wildman–Crippen LogP) is 3.26. The number of hydrogen-bond acceptors (Lipinski definition) is 6. The summed E-state index contributed by atoms with van der Waals surface area (Å²) in [7, 11) is 1.49. The average Bonchev–Trinajstić information content (AvgIpc) is 2.69. The highest BCUT2D eigenvalue weighted by Gasteiger charge is 2.13. The molecule has 0 fully saturated rings. The third kappa shape index (κ3) is 6.55. The van der Waals surface area contributed by atoms with Crippen LogP contribution in [0.5, 0.6) is 17.2 Å². The first-order valence-electron chi connectivity index (χ1n) is 8.75. The quantitative estimate of drug-likeness (QED) is 0.166. The van der Waals surface area contributed by atoms with Crippen molar-refractivity contribution in [2.75, 3.05) is 13.7 Å². The van der Waals surface area contributed by atoms with Gasteiger partial charge in [-0.1, -0.05) is 13.3 Å². The Morgan fingerprint density at radius 1 is 1.21 bits per heavy atom. The Kier molecular flexibility index (Phi) is 8.23. The number of unbranched alkanes of at least 4 members (excludes halogenated alkanes) is 1. The largest absolute Gasteiger partial charge is 0.494 e. The lowest BCUT2D eigenvalue weighted by atomic mass is 10.2. The topological polar surface area (TPSA) is 95.2 Å². The van der Waals surface area contributed by atoms with Crippen molar-refractivity contribution in [3.05, 3.63) is 53.6 Å². The number of rotatable bonds is 9. The third-order valence-corrected chi connectivity index (χ3v) is 3.73. The van der Waals surface area contributed by atoms with Gasteiger partial charge in [-0.05, 0) is 66.7 Å². The van der Waals surface area contributed by atoms with Crippen molar-refractivity contribution >= 4 is 29.5 Å². The predicted molar refractivity (Wildman–Crippen MR) is 112 cm³/mol. The van der Waals surface area contributed by atoms with E-state index in [1.165, 1.54) is 13.3 Å². The number of nitrogens with one attached hydrogen (secondary N) is 1. The smallest absolute Gasteiger partial charge is 0.343 e. The van der Waals surface area contributed by atoms with Crippen LogP contribution in [0.25, 0.3) is 0 Å². The maximum Gasteiger partial charge on any atom is 0.343 e. The van der Waals surface area contributed by atoms with Crippen LogP contribution in [0.1, 0.15) is 35.7 Å². The minimum Gasteiger partial charge on any atom is -0.494 e. The number of nitrogens with two attached hydrogens (primary N) is 1. The lowest BCUT2D eigenvalue weighted by molar-refractivity contribution is 0.0729. The number of carbonyl (C=O) groups is 1. The van der Waals surface area contributed by atoms with E-state index in [1.807, 2.05) is 0 Å². The van der Waals surface area contributed by atoms with Gasteiger partial charge < -0.3 is 19.9 Å². The number of thiocarbonyl (C=S) groups is 1. The highest BCUT2D eigenvalue weighted by atomic mass is 32.1. The zero-order chi connectivity index (χ0) is 20.4. The molecule has 0 heterocycles. The monoisotopic (exact) mass is 401 g/mol. The Balaban J connectivity index is 2.04. The lowest BCUT2D eigenvalue weighted by Crippen LogP contribution is -2.23. The van der Waals surface area contributed by atoms with E-state index in [2.05, 4.69) is 29.7 Å². The Labute approximate surface area is 169 Å². The van der Waals surface area contributed by atoms with Gasteiger partial charge >= 0.3 is 5.97 Å². The van der Waals surface area contributed by atoms with Crippen LogP contribution in [0.3, 0.4) is 0 Å². The highest BCUT2D eigenvalue weighted by molar-refractivity contribution is 7.80. The summed E-state index contributed by atoms with van der Waals surface area (Å²) in [6.45, 7) is 2.75. The first kappa shape index (κ1) is 21.2. The van der Waals surface area contributed by atoms with Gasteiger partial charge in [0.1, 0.15) is 5.75 Å². The molecule has 148 valence electrons. The molecule has 0 unspecified atom stereocenters. The van der Waals surface area contributed by atoms with E-state index < -0.39 is 5.97 Å². The molecule has 0 spiro atoms. The minimum absolute atomic E-state index is 0.0653. The van der Waals surface area contributed by atoms with E-state index in [9.17, 15) is 4.79 Å². The van der Waals surface area contributed by atoms with Crippen molar-refractivity contribution in [3.63, 3.8) is 0 Å². The van der Waals surface area contributed by atoms with E-state index in [0.29, 0.717) is 29.2 Å². The lowest BCUT2D eigenvalue weighted by Gasteiger charge is -2.10. The molecule has 0 atom stereocenters. The van der Waals surface area contributed by atoms with Crippen LogP contribution in [0.15, 0.2) is 47.6 Å². The molecule has 0 bridgehead atoms. The zero-order valence-electron chi connectivity index (χ0n) is 15.8. The Hall–Kier alpha value is -3.13. The molecule has 3 N–H and O–H groups in total. The second kappa shape index (κ2) is 10.9. The van der Waals surface area contributed by atoms with Crippen molar-refractivity contribution in [2.45, 2.75) is 19.8 Å². The number of methoxy groups -OCH3 is 1. The van der Waals surface area contributed by atoms with Crippen LogP contribution in [0, 0.1) is 0 Å². The molecule has 0 aliphatic carbocycles. The molecule has 0 saturated heterocycles. The molecular weight excluding hydrogens is 378 g/mol. The van der Waals surface area contributed by atoms with Gasteiger partial charge in [0.2, 0.25) is 0 Å². The average molecular weight is 401 g/mol. The van der Waals surface area contributed by atoms with Crippen LogP contribution >= 0.6 is 12.2 Å². The number of ether oxygens (including phenoxy) is 3. The zero-order valence-corrected chi connectivity index (χ0v) is 16.6. The molecule has 2 rings (SSSR count). The fraction of sp³-hybridized carbons (Fsp3) is 0.250. The number of esters is 1. The number of carbonyl (C=O) groups excluding carboxylic acids is 1. The van der Waals surface area contributed by atoms with E-state index in [0.717, 1.165) is 18.6 Å². The summed E-state index contributed by atoms with van der Waals surface area (Å²) >= 11 is 4.67. The van der Waals surface area contributed by atoms with E-state index in [1.54, 1.807) is 42.5 Å². The molecule has 0 amide bonds.